The van der Waals surface area contributed by atoms with E-state index in [4.69, 9.17) is 0 Å². The van der Waals surface area contributed by atoms with Crippen LogP contribution in [0.3, 0.4) is 0 Å². The van der Waals surface area contributed by atoms with E-state index in [1.54, 1.807) is 0 Å². The van der Waals surface area contributed by atoms with E-state index in [9.17, 15) is 0 Å². The van der Waals surface area contributed by atoms with Crippen molar-refractivity contribution < 1.29 is 0 Å². The number of nitrogens with one attached hydrogen (secondary N) is 1. The molecule has 0 aromatic rings. The van der Waals surface area contributed by atoms with E-state index < -0.39 is 29.6 Å². The summed E-state index contributed by atoms with van der Waals surface area (Å²) in [5, 5.41) is 0. The van der Waals surface area contributed by atoms with Crippen molar-refractivity contribution in [3.8, 4) is 0 Å². The Balaban J connectivity index is 6.10. The lowest BCUT2D eigenvalue weighted by molar-refractivity contribution is 0.521. The first-order valence-corrected chi connectivity index (χ1v) is 22.8. The van der Waals surface area contributed by atoms with Crippen molar-refractivity contribution in [3.05, 3.63) is 0 Å². The molecule has 18 heavy (non-hydrogen) atoms. The highest BCUT2D eigenvalue weighted by Crippen LogP contribution is 2.36. The molecule has 0 spiro atoms. The molecule has 0 aliphatic heterocycles. The molecule has 0 saturated heterocycles. The average molecular weight is 320 g/mol. The first kappa shape index (κ1) is 18.8. The second-order valence-corrected chi connectivity index (χ2v) is 49.9. The minimum absolute atomic E-state index is 0.271. The van der Waals surface area contributed by atoms with Gasteiger partial charge in [-0.15, -0.1) is 0 Å². The molecule has 0 rings (SSSR count). The second-order valence-electron chi connectivity index (χ2n) is 9.88. The van der Waals surface area contributed by atoms with Gasteiger partial charge in [0.2, 0.25) is 0 Å². The minimum atomic E-state index is -1.37. The SMILES string of the molecule is CC(C)(C)N[Si]([Si](C)(C)C)([Si](C)(C)C)[Si](C)(C)C. The van der Waals surface area contributed by atoms with Crippen LogP contribution in [0.4, 0.5) is 0 Å². The smallest absolute Gasteiger partial charge is 0.0978 e. The van der Waals surface area contributed by atoms with Crippen molar-refractivity contribution in [1.82, 2.24) is 4.98 Å². The third-order valence-corrected chi connectivity index (χ3v) is 73.7. The zero-order chi connectivity index (χ0) is 15.2. The molecular weight excluding hydrogens is 282 g/mol. The summed E-state index contributed by atoms with van der Waals surface area (Å²) in [6.45, 7) is 29.4. The van der Waals surface area contributed by atoms with Crippen LogP contribution in [0.15, 0.2) is 0 Å². The van der Waals surface area contributed by atoms with E-state index in [2.05, 4.69) is 84.7 Å². The van der Waals surface area contributed by atoms with E-state index in [1.807, 2.05) is 0 Å². The molecule has 5 heteroatoms. The van der Waals surface area contributed by atoms with E-state index in [-0.39, 0.29) is 5.54 Å². The monoisotopic (exact) mass is 319 g/mol. The van der Waals surface area contributed by atoms with Crippen molar-refractivity contribution >= 4 is 29.6 Å². The van der Waals surface area contributed by atoms with Gasteiger partial charge >= 0.3 is 0 Å². The third kappa shape index (κ3) is 3.68. The standard InChI is InChI=1S/C13H37NSi4/c1-13(2,3)14-18(15(4,5)6,16(7,8)9)17(10,11)12/h14H,1-12H3. The Kier molecular flexibility index (Phi) is 5.21. The first-order chi connectivity index (χ1) is 7.46. The van der Waals surface area contributed by atoms with Crippen LogP contribution in [-0.4, -0.2) is 35.1 Å². The predicted octanol–water partition coefficient (Wildman–Crippen LogP) is 4.57. The molecule has 0 aliphatic carbocycles. The molecule has 0 heterocycles. The Morgan fingerprint density at radius 1 is 0.556 bits per heavy atom. The van der Waals surface area contributed by atoms with E-state index >= 15 is 0 Å². The molecule has 0 aromatic carbocycles. The molecule has 0 amide bonds. The van der Waals surface area contributed by atoms with Gasteiger partial charge in [0.1, 0.15) is 0 Å². The fraction of sp³-hybridized carbons (Fsp3) is 1.00. The fourth-order valence-electron chi connectivity index (χ4n) is 4.50. The summed E-state index contributed by atoms with van der Waals surface area (Å²) < 4.78 is 0. The van der Waals surface area contributed by atoms with Gasteiger partial charge in [-0.3, -0.25) is 0 Å². The van der Waals surface area contributed by atoms with Crippen LogP contribution in [0.1, 0.15) is 20.8 Å². The lowest BCUT2D eigenvalue weighted by atomic mass is 10.1. The second kappa shape index (κ2) is 4.98. The molecule has 0 aromatic heterocycles. The summed E-state index contributed by atoms with van der Waals surface area (Å²) in [5.74, 6) is 0. The number of hydrogen-bond donors (Lipinski definition) is 1. The molecule has 1 N–H and O–H groups in total. The molecule has 0 atom stereocenters. The summed E-state index contributed by atoms with van der Waals surface area (Å²) in [6.07, 6.45) is 0. The Bertz CT molecular complexity index is 250. The van der Waals surface area contributed by atoms with Crippen LogP contribution in [-0.2, 0) is 0 Å². The van der Waals surface area contributed by atoms with Crippen molar-refractivity contribution in [1.29, 1.82) is 0 Å². The van der Waals surface area contributed by atoms with Crippen LogP contribution in [0.2, 0.25) is 58.9 Å². The van der Waals surface area contributed by atoms with Gasteiger partial charge in [-0.2, -0.15) is 0 Å². The lowest BCUT2D eigenvalue weighted by Crippen LogP contribution is -2.91. The Hall–Kier alpha value is 0.828. The highest BCUT2D eigenvalue weighted by molar-refractivity contribution is 7.88. The van der Waals surface area contributed by atoms with Crippen molar-refractivity contribution in [2.24, 2.45) is 0 Å². The summed E-state index contributed by atoms with van der Waals surface area (Å²) in [4.78, 5) is 4.31. The molecule has 0 unspecified atom stereocenters. The molecule has 0 aliphatic rings. The molecule has 110 valence electrons. The maximum Gasteiger partial charge on any atom is 0.0978 e. The van der Waals surface area contributed by atoms with Gasteiger partial charge in [0.25, 0.3) is 0 Å². The molecule has 0 saturated carbocycles. The number of hydrogen-bond acceptors (Lipinski definition) is 1. The van der Waals surface area contributed by atoms with Crippen LogP contribution >= 0.6 is 0 Å². The Labute approximate surface area is 120 Å². The van der Waals surface area contributed by atoms with E-state index in [0.717, 1.165) is 0 Å². The molecule has 0 bridgehead atoms. The third-order valence-electron chi connectivity index (χ3n) is 3.94. The van der Waals surface area contributed by atoms with Gasteiger partial charge in [0.05, 0.1) is 29.6 Å². The maximum atomic E-state index is 4.31. The summed E-state index contributed by atoms with van der Waals surface area (Å²) in [6, 6.07) is 0. The topological polar surface area (TPSA) is 12.0 Å². The van der Waals surface area contributed by atoms with Gasteiger partial charge < -0.3 is 4.98 Å². The van der Waals surface area contributed by atoms with E-state index in [1.165, 1.54) is 0 Å². The van der Waals surface area contributed by atoms with Crippen LogP contribution in [0.25, 0.3) is 0 Å². The van der Waals surface area contributed by atoms with Crippen molar-refractivity contribution in [2.75, 3.05) is 0 Å². The summed E-state index contributed by atoms with van der Waals surface area (Å²) in [7, 11) is -3.50. The van der Waals surface area contributed by atoms with Gasteiger partial charge in [-0.05, 0) is 20.8 Å². The molecule has 1 nitrogen and oxygen atoms in total. The van der Waals surface area contributed by atoms with Gasteiger partial charge in [0.15, 0.2) is 0 Å². The minimum Gasteiger partial charge on any atom is -0.338 e. The Morgan fingerprint density at radius 3 is 0.833 bits per heavy atom. The lowest BCUT2D eigenvalue weighted by Gasteiger charge is -2.60. The maximum absolute atomic E-state index is 4.31. The largest absolute Gasteiger partial charge is 0.338 e. The summed E-state index contributed by atoms with van der Waals surface area (Å²) in [5.41, 5.74) is 0.271. The predicted molar refractivity (Wildman–Crippen MR) is 98.7 cm³/mol. The Morgan fingerprint density at radius 2 is 0.778 bits per heavy atom. The van der Waals surface area contributed by atoms with Crippen LogP contribution in [0, 0.1) is 0 Å². The van der Waals surface area contributed by atoms with Gasteiger partial charge in [-0.25, -0.2) is 0 Å². The fourth-order valence-corrected chi connectivity index (χ4v) is 101. The van der Waals surface area contributed by atoms with Crippen molar-refractivity contribution in [2.45, 2.75) is 85.2 Å². The van der Waals surface area contributed by atoms with Crippen LogP contribution < -0.4 is 4.98 Å². The molecule has 0 radical (unpaired) electrons. The van der Waals surface area contributed by atoms with Gasteiger partial charge in [-0.1, -0.05) is 58.9 Å². The van der Waals surface area contributed by atoms with Crippen molar-refractivity contribution in [3.63, 3.8) is 0 Å². The van der Waals surface area contributed by atoms with Crippen LogP contribution in [0.5, 0.6) is 0 Å². The first-order valence-electron chi connectivity index (χ1n) is 7.25. The number of rotatable bonds is 4. The zero-order valence-corrected chi connectivity index (χ0v) is 19.0. The van der Waals surface area contributed by atoms with E-state index in [0.29, 0.717) is 0 Å². The highest BCUT2D eigenvalue weighted by atomic mass is 29.9. The average Bonchev–Trinajstić information content (AvgIpc) is 1.90. The van der Waals surface area contributed by atoms with Gasteiger partial charge in [0, 0.05) is 5.54 Å². The highest BCUT2D eigenvalue weighted by Gasteiger charge is 2.62. The normalized spacial score (nSPS) is 16.0. The summed E-state index contributed by atoms with van der Waals surface area (Å²) >= 11 is 0. The quantitative estimate of drug-likeness (QED) is 0.748. The zero-order valence-electron chi connectivity index (χ0n) is 15.0. The molecular formula is C13H37NSi4. The molecule has 0 fully saturated rings.